The van der Waals surface area contributed by atoms with E-state index in [2.05, 4.69) is 39.4 Å². The van der Waals surface area contributed by atoms with Gasteiger partial charge < -0.3 is 14.1 Å². The number of para-hydroxylation sites is 1. The van der Waals surface area contributed by atoms with Gasteiger partial charge in [0.2, 0.25) is 11.8 Å². The highest BCUT2D eigenvalue weighted by Crippen LogP contribution is 2.46. The summed E-state index contributed by atoms with van der Waals surface area (Å²) in [5, 5.41) is 8.25. The summed E-state index contributed by atoms with van der Waals surface area (Å²) >= 11 is 0. The molecule has 4 rings (SSSR count). The molecule has 1 aromatic heterocycles. The maximum absolute atomic E-state index is 5.70. The highest BCUT2D eigenvalue weighted by Gasteiger charge is 2.43. The van der Waals surface area contributed by atoms with Gasteiger partial charge in [-0.2, -0.15) is 0 Å². The van der Waals surface area contributed by atoms with Gasteiger partial charge in [-0.1, -0.05) is 25.1 Å². The van der Waals surface area contributed by atoms with E-state index in [1.807, 2.05) is 6.92 Å². The number of aryl methyl sites for hydroxylation is 1. The van der Waals surface area contributed by atoms with Crippen LogP contribution in [0, 0.1) is 0 Å². The maximum Gasteiger partial charge on any atom is 0.235 e. The summed E-state index contributed by atoms with van der Waals surface area (Å²) in [6, 6.07) is 8.72. The van der Waals surface area contributed by atoms with Gasteiger partial charge in [-0.25, -0.2) is 0 Å². The average molecular weight is 299 g/mol. The van der Waals surface area contributed by atoms with Crippen molar-refractivity contribution < 1.29 is 9.15 Å². The summed E-state index contributed by atoms with van der Waals surface area (Å²) in [4.78, 5) is 2.38. The molecule has 1 fully saturated rings. The van der Waals surface area contributed by atoms with E-state index in [-0.39, 0.29) is 5.41 Å². The SMILES string of the molecule is CCc1nnc(CN2CC3(CCOCC3)c3ccccc32)o1. The smallest absolute Gasteiger partial charge is 0.235 e. The van der Waals surface area contributed by atoms with Crippen molar-refractivity contribution in [3.63, 3.8) is 0 Å². The second-order valence-electron chi connectivity index (χ2n) is 6.21. The topological polar surface area (TPSA) is 51.4 Å². The van der Waals surface area contributed by atoms with Gasteiger partial charge in [-0.05, 0) is 24.5 Å². The molecule has 2 aromatic rings. The molecule has 0 unspecified atom stereocenters. The Hall–Kier alpha value is -1.88. The van der Waals surface area contributed by atoms with Crippen molar-refractivity contribution >= 4 is 5.69 Å². The number of aromatic nitrogens is 2. The van der Waals surface area contributed by atoms with Crippen LogP contribution in [0.1, 0.15) is 37.1 Å². The molecule has 5 nitrogen and oxygen atoms in total. The lowest BCUT2D eigenvalue weighted by molar-refractivity contribution is 0.0552. The first-order valence-corrected chi connectivity index (χ1v) is 8.04. The standard InChI is InChI=1S/C17H21N3O2/c1-2-15-18-19-16(22-15)11-20-12-17(7-9-21-10-8-17)13-5-3-4-6-14(13)20/h3-6H,2,7-12H2,1H3. The molecule has 0 saturated carbocycles. The second-order valence-corrected chi connectivity index (χ2v) is 6.21. The molecule has 1 saturated heterocycles. The number of benzene rings is 1. The van der Waals surface area contributed by atoms with Crippen LogP contribution in [0.25, 0.3) is 0 Å². The normalized spacial score (nSPS) is 19.6. The van der Waals surface area contributed by atoms with Gasteiger partial charge in [0, 0.05) is 37.3 Å². The van der Waals surface area contributed by atoms with Crippen LogP contribution in [-0.2, 0) is 23.1 Å². The molecule has 0 bridgehead atoms. The summed E-state index contributed by atoms with van der Waals surface area (Å²) in [7, 11) is 0. The summed E-state index contributed by atoms with van der Waals surface area (Å²) < 4.78 is 11.3. The van der Waals surface area contributed by atoms with E-state index in [0.717, 1.165) is 39.0 Å². The van der Waals surface area contributed by atoms with Crippen LogP contribution >= 0.6 is 0 Å². The molecule has 2 aliphatic heterocycles. The van der Waals surface area contributed by atoms with Crippen molar-refractivity contribution in [2.24, 2.45) is 0 Å². The molecule has 0 radical (unpaired) electrons. The summed E-state index contributed by atoms with van der Waals surface area (Å²) in [6.45, 7) is 5.43. The molecule has 5 heteroatoms. The Labute approximate surface area is 130 Å². The first-order chi connectivity index (χ1) is 10.8. The lowest BCUT2D eigenvalue weighted by Crippen LogP contribution is -2.38. The van der Waals surface area contributed by atoms with Gasteiger partial charge >= 0.3 is 0 Å². The number of ether oxygens (including phenoxy) is 1. The van der Waals surface area contributed by atoms with Gasteiger partial charge in [0.25, 0.3) is 0 Å². The zero-order valence-electron chi connectivity index (χ0n) is 12.9. The molecular weight excluding hydrogens is 278 g/mol. The van der Waals surface area contributed by atoms with E-state index >= 15 is 0 Å². The minimum Gasteiger partial charge on any atom is -0.423 e. The Bertz CT molecular complexity index is 661. The number of hydrogen-bond acceptors (Lipinski definition) is 5. The van der Waals surface area contributed by atoms with E-state index < -0.39 is 0 Å². The third-order valence-corrected chi connectivity index (χ3v) is 4.90. The number of fused-ring (bicyclic) bond motifs is 2. The van der Waals surface area contributed by atoms with Crippen LogP contribution in [0.15, 0.2) is 28.7 Å². The van der Waals surface area contributed by atoms with Gasteiger partial charge in [0.1, 0.15) is 0 Å². The predicted molar refractivity (Wildman–Crippen MR) is 82.9 cm³/mol. The molecule has 0 N–H and O–H groups in total. The molecule has 116 valence electrons. The van der Waals surface area contributed by atoms with Crippen LogP contribution < -0.4 is 4.90 Å². The Balaban J connectivity index is 1.64. The van der Waals surface area contributed by atoms with E-state index in [4.69, 9.17) is 9.15 Å². The molecule has 3 heterocycles. The van der Waals surface area contributed by atoms with Crippen molar-refractivity contribution in [2.45, 2.75) is 38.1 Å². The zero-order chi connectivity index (χ0) is 15.0. The predicted octanol–water partition coefficient (Wildman–Crippen LogP) is 2.70. The van der Waals surface area contributed by atoms with Crippen molar-refractivity contribution in [3.8, 4) is 0 Å². The molecule has 0 aliphatic carbocycles. The van der Waals surface area contributed by atoms with E-state index in [9.17, 15) is 0 Å². The van der Waals surface area contributed by atoms with E-state index in [1.165, 1.54) is 11.3 Å². The third-order valence-electron chi connectivity index (χ3n) is 4.90. The van der Waals surface area contributed by atoms with Gasteiger partial charge in [-0.15, -0.1) is 10.2 Å². The van der Waals surface area contributed by atoms with Crippen LogP contribution in [0.4, 0.5) is 5.69 Å². The fourth-order valence-electron chi connectivity index (χ4n) is 3.72. The number of anilines is 1. The molecule has 0 atom stereocenters. The zero-order valence-corrected chi connectivity index (χ0v) is 12.9. The minimum atomic E-state index is 0.225. The Morgan fingerprint density at radius 2 is 1.91 bits per heavy atom. The number of nitrogens with zero attached hydrogens (tertiary/aromatic N) is 3. The lowest BCUT2D eigenvalue weighted by atomic mass is 9.76. The quantitative estimate of drug-likeness (QED) is 0.872. The molecule has 1 aromatic carbocycles. The highest BCUT2D eigenvalue weighted by atomic mass is 16.5. The summed E-state index contributed by atoms with van der Waals surface area (Å²) in [6.07, 6.45) is 2.96. The fourth-order valence-corrected chi connectivity index (χ4v) is 3.72. The van der Waals surface area contributed by atoms with Crippen LogP contribution in [0.5, 0.6) is 0 Å². The van der Waals surface area contributed by atoms with Gasteiger partial charge in [0.15, 0.2) is 0 Å². The molecule has 1 spiro atoms. The van der Waals surface area contributed by atoms with Crippen LogP contribution in [0.3, 0.4) is 0 Å². The Morgan fingerprint density at radius 1 is 1.14 bits per heavy atom. The minimum absolute atomic E-state index is 0.225. The average Bonchev–Trinajstić information content (AvgIpc) is 3.13. The number of rotatable bonds is 3. The molecular formula is C17H21N3O2. The van der Waals surface area contributed by atoms with Gasteiger partial charge in [-0.3, -0.25) is 0 Å². The van der Waals surface area contributed by atoms with Crippen molar-refractivity contribution in [2.75, 3.05) is 24.7 Å². The second kappa shape index (κ2) is 5.39. The van der Waals surface area contributed by atoms with Crippen molar-refractivity contribution in [1.82, 2.24) is 10.2 Å². The van der Waals surface area contributed by atoms with Crippen LogP contribution in [0.2, 0.25) is 0 Å². The largest absolute Gasteiger partial charge is 0.423 e. The first-order valence-electron chi connectivity index (χ1n) is 8.04. The molecule has 0 amide bonds. The third kappa shape index (κ3) is 2.20. The van der Waals surface area contributed by atoms with Crippen molar-refractivity contribution in [3.05, 3.63) is 41.6 Å². The van der Waals surface area contributed by atoms with E-state index in [1.54, 1.807) is 0 Å². The lowest BCUT2D eigenvalue weighted by Gasteiger charge is -2.34. The Morgan fingerprint density at radius 3 is 2.68 bits per heavy atom. The number of hydrogen-bond donors (Lipinski definition) is 0. The van der Waals surface area contributed by atoms with Gasteiger partial charge in [0.05, 0.1) is 6.54 Å². The fraction of sp³-hybridized carbons (Fsp3) is 0.529. The molecule has 22 heavy (non-hydrogen) atoms. The monoisotopic (exact) mass is 299 g/mol. The first kappa shape index (κ1) is 13.8. The van der Waals surface area contributed by atoms with Crippen molar-refractivity contribution in [1.29, 1.82) is 0 Å². The van der Waals surface area contributed by atoms with Crippen LogP contribution in [-0.4, -0.2) is 30.0 Å². The molecule has 2 aliphatic rings. The van der Waals surface area contributed by atoms with E-state index in [0.29, 0.717) is 18.3 Å². The summed E-state index contributed by atoms with van der Waals surface area (Å²) in [5.41, 5.74) is 2.98. The highest BCUT2D eigenvalue weighted by molar-refractivity contribution is 5.62. The Kier molecular flexibility index (Phi) is 3.37. The summed E-state index contributed by atoms with van der Waals surface area (Å²) in [5.74, 6) is 1.42. The maximum atomic E-state index is 5.70.